The SMILES string of the molecule is CCOC(=O)CC[C@H](NC(=O)[C@H]1COCCO1)C(=O)OCC. The number of hydrogen-bond donors (Lipinski definition) is 1. The Bertz CT molecular complexity index is 379. The standard InChI is InChI=1S/C14H23NO7/c1-3-20-12(16)6-5-10(14(18)21-4-2)15-13(17)11-9-19-7-8-22-11/h10-11H,3-9H2,1-2H3,(H,15,17)/t10-,11+/m0/s1. The highest BCUT2D eigenvalue weighted by molar-refractivity contribution is 5.87. The zero-order chi connectivity index (χ0) is 16.4. The molecular weight excluding hydrogens is 294 g/mol. The van der Waals surface area contributed by atoms with Gasteiger partial charge in [0.05, 0.1) is 33.0 Å². The van der Waals surface area contributed by atoms with Gasteiger partial charge in [0, 0.05) is 6.42 Å². The number of ether oxygens (including phenoxy) is 4. The first-order chi connectivity index (χ1) is 10.6. The zero-order valence-corrected chi connectivity index (χ0v) is 13.0. The summed E-state index contributed by atoms with van der Waals surface area (Å²) in [4.78, 5) is 35.3. The number of carbonyl (C=O) groups excluding carboxylic acids is 3. The molecular formula is C14H23NO7. The van der Waals surface area contributed by atoms with Gasteiger partial charge in [-0.05, 0) is 20.3 Å². The third-order valence-corrected chi connectivity index (χ3v) is 2.94. The molecule has 0 aliphatic carbocycles. The summed E-state index contributed by atoms with van der Waals surface area (Å²) in [5.74, 6) is -1.47. The van der Waals surface area contributed by atoms with Gasteiger partial charge < -0.3 is 24.3 Å². The van der Waals surface area contributed by atoms with Crippen LogP contribution in [0.4, 0.5) is 0 Å². The second-order valence-electron chi connectivity index (χ2n) is 4.59. The maximum absolute atomic E-state index is 12.0. The van der Waals surface area contributed by atoms with Crippen LogP contribution in [0.1, 0.15) is 26.7 Å². The topological polar surface area (TPSA) is 100 Å². The van der Waals surface area contributed by atoms with Crippen molar-refractivity contribution in [3.8, 4) is 0 Å². The summed E-state index contributed by atoms with van der Waals surface area (Å²) < 4.78 is 20.1. The van der Waals surface area contributed by atoms with E-state index in [0.29, 0.717) is 13.2 Å². The largest absolute Gasteiger partial charge is 0.466 e. The monoisotopic (exact) mass is 317 g/mol. The van der Waals surface area contributed by atoms with E-state index in [1.807, 2.05) is 0 Å². The lowest BCUT2D eigenvalue weighted by Crippen LogP contribution is -2.49. The van der Waals surface area contributed by atoms with Crippen molar-refractivity contribution in [1.29, 1.82) is 0 Å². The summed E-state index contributed by atoms with van der Waals surface area (Å²) in [5, 5.41) is 2.54. The lowest BCUT2D eigenvalue weighted by atomic mass is 10.1. The van der Waals surface area contributed by atoms with Crippen LogP contribution in [0, 0.1) is 0 Å². The minimum absolute atomic E-state index is 0.0135. The molecule has 1 aliphatic heterocycles. The number of carbonyl (C=O) groups is 3. The van der Waals surface area contributed by atoms with Crippen molar-refractivity contribution >= 4 is 17.8 Å². The molecule has 1 heterocycles. The predicted molar refractivity (Wildman–Crippen MR) is 75.0 cm³/mol. The average Bonchev–Trinajstić information content (AvgIpc) is 2.52. The number of rotatable bonds is 8. The molecule has 8 nitrogen and oxygen atoms in total. The Balaban J connectivity index is 2.54. The first-order valence-corrected chi connectivity index (χ1v) is 7.40. The van der Waals surface area contributed by atoms with E-state index in [1.54, 1.807) is 13.8 Å². The fraction of sp³-hybridized carbons (Fsp3) is 0.786. The van der Waals surface area contributed by atoms with Crippen LogP contribution in [0.15, 0.2) is 0 Å². The Morgan fingerprint density at radius 3 is 2.50 bits per heavy atom. The predicted octanol–water partition coefficient (Wildman–Crippen LogP) is -0.207. The van der Waals surface area contributed by atoms with Crippen LogP contribution < -0.4 is 5.32 Å². The van der Waals surface area contributed by atoms with Gasteiger partial charge in [0.15, 0.2) is 6.10 Å². The number of nitrogens with one attached hydrogen (secondary N) is 1. The Labute approximate surface area is 129 Å². The van der Waals surface area contributed by atoms with Crippen LogP contribution in [0.3, 0.4) is 0 Å². The third-order valence-electron chi connectivity index (χ3n) is 2.94. The van der Waals surface area contributed by atoms with Crippen LogP contribution in [-0.2, 0) is 33.3 Å². The van der Waals surface area contributed by atoms with E-state index in [9.17, 15) is 14.4 Å². The fourth-order valence-electron chi connectivity index (χ4n) is 1.89. The van der Waals surface area contributed by atoms with Crippen molar-refractivity contribution in [2.75, 3.05) is 33.0 Å². The summed E-state index contributed by atoms with van der Waals surface area (Å²) in [7, 11) is 0. The molecule has 0 aromatic heterocycles. The van der Waals surface area contributed by atoms with Crippen molar-refractivity contribution in [3.05, 3.63) is 0 Å². The second kappa shape index (κ2) is 10.1. The van der Waals surface area contributed by atoms with Crippen LogP contribution in [0.5, 0.6) is 0 Å². The van der Waals surface area contributed by atoms with Crippen molar-refractivity contribution in [3.63, 3.8) is 0 Å². The summed E-state index contributed by atoms with van der Waals surface area (Å²) in [6.07, 6.45) is -0.635. The molecule has 0 spiro atoms. The Kier molecular flexibility index (Phi) is 8.46. The molecule has 1 rings (SSSR count). The smallest absolute Gasteiger partial charge is 0.328 e. The van der Waals surface area contributed by atoms with E-state index in [-0.39, 0.29) is 32.7 Å². The molecule has 8 heteroatoms. The number of amides is 1. The minimum Gasteiger partial charge on any atom is -0.466 e. The van der Waals surface area contributed by atoms with Gasteiger partial charge in [-0.1, -0.05) is 0 Å². The summed E-state index contributed by atoms with van der Waals surface area (Å²) in [5.41, 5.74) is 0. The van der Waals surface area contributed by atoms with Gasteiger partial charge in [0.25, 0.3) is 5.91 Å². The van der Waals surface area contributed by atoms with Gasteiger partial charge in [-0.25, -0.2) is 4.79 Å². The molecule has 0 saturated carbocycles. The maximum atomic E-state index is 12.0. The minimum atomic E-state index is -0.914. The number of hydrogen-bond acceptors (Lipinski definition) is 7. The van der Waals surface area contributed by atoms with E-state index in [0.717, 1.165) is 0 Å². The van der Waals surface area contributed by atoms with E-state index < -0.39 is 30.0 Å². The summed E-state index contributed by atoms with van der Waals surface area (Å²) in [6, 6.07) is -0.914. The van der Waals surface area contributed by atoms with E-state index >= 15 is 0 Å². The first kappa shape index (κ1) is 18.4. The molecule has 1 fully saturated rings. The lowest BCUT2D eigenvalue weighted by molar-refractivity contribution is -0.155. The molecule has 0 bridgehead atoms. The highest BCUT2D eigenvalue weighted by atomic mass is 16.6. The lowest BCUT2D eigenvalue weighted by Gasteiger charge is -2.24. The van der Waals surface area contributed by atoms with Crippen molar-refractivity contribution in [2.24, 2.45) is 0 Å². The van der Waals surface area contributed by atoms with E-state index in [4.69, 9.17) is 18.9 Å². The maximum Gasteiger partial charge on any atom is 0.328 e. The molecule has 1 amide bonds. The Morgan fingerprint density at radius 2 is 1.91 bits per heavy atom. The van der Waals surface area contributed by atoms with Gasteiger partial charge >= 0.3 is 11.9 Å². The molecule has 22 heavy (non-hydrogen) atoms. The molecule has 1 saturated heterocycles. The molecule has 0 radical (unpaired) electrons. The molecule has 1 aliphatic rings. The molecule has 126 valence electrons. The fourth-order valence-corrected chi connectivity index (χ4v) is 1.89. The van der Waals surface area contributed by atoms with Crippen molar-refractivity contribution in [1.82, 2.24) is 5.32 Å². The molecule has 0 aromatic rings. The van der Waals surface area contributed by atoms with Gasteiger partial charge in [0.2, 0.25) is 0 Å². The van der Waals surface area contributed by atoms with Crippen LogP contribution in [0.2, 0.25) is 0 Å². The average molecular weight is 317 g/mol. The Morgan fingerprint density at radius 1 is 1.18 bits per heavy atom. The molecule has 0 aromatic carbocycles. The van der Waals surface area contributed by atoms with E-state index in [1.165, 1.54) is 0 Å². The molecule has 0 unspecified atom stereocenters. The van der Waals surface area contributed by atoms with Crippen LogP contribution in [0.25, 0.3) is 0 Å². The molecule has 2 atom stereocenters. The third kappa shape index (κ3) is 6.40. The molecule has 1 N–H and O–H groups in total. The zero-order valence-electron chi connectivity index (χ0n) is 13.0. The summed E-state index contributed by atoms with van der Waals surface area (Å²) in [6.45, 7) is 4.72. The first-order valence-electron chi connectivity index (χ1n) is 7.40. The number of esters is 2. The normalized spacial score (nSPS) is 19.1. The summed E-state index contributed by atoms with van der Waals surface area (Å²) >= 11 is 0. The van der Waals surface area contributed by atoms with Crippen LogP contribution >= 0.6 is 0 Å². The highest BCUT2D eigenvalue weighted by Gasteiger charge is 2.29. The van der Waals surface area contributed by atoms with E-state index in [2.05, 4.69) is 5.32 Å². The van der Waals surface area contributed by atoms with Crippen LogP contribution in [-0.4, -0.2) is 63.0 Å². The van der Waals surface area contributed by atoms with Gasteiger partial charge in [0.1, 0.15) is 6.04 Å². The van der Waals surface area contributed by atoms with Gasteiger partial charge in [-0.3, -0.25) is 9.59 Å². The highest BCUT2D eigenvalue weighted by Crippen LogP contribution is 2.06. The van der Waals surface area contributed by atoms with Gasteiger partial charge in [-0.15, -0.1) is 0 Å². The quantitative estimate of drug-likeness (QED) is 0.618. The Hall–Kier alpha value is -1.67. The second-order valence-corrected chi connectivity index (χ2v) is 4.59. The van der Waals surface area contributed by atoms with Crippen molar-refractivity contribution in [2.45, 2.75) is 38.8 Å². The van der Waals surface area contributed by atoms with Gasteiger partial charge in [-0.2, -0.15) is 0 Å². The van der Waals surface area contributed by atoms with Crippen molar-refractivity contribution < 1.29 is 33.3 Å².